The molecule has 1 aromatic rings. The molecule has 40 heavy (non-hydrogen) atoms. The highest BCUT2D eigenvalue weighted by molar-refractivity contribution is 5.91. The van der Waals surface area contributed by atoms with Gasteiger partial charge in [-0.3, -0.25) is 9.59 Å². The zero-order valence-electron chi connectivity index (χ0n) is 25.2. The SMILES string of the molecule is CCOC(=O)CCCOc1cccc(CCCC2CC3=CC(=O)CC[C@]3(C)[C@@H]3CC[C@@]4(C)[C@@H](CCC4(C)O)[C@H]23)c1. The average Bonchev–Trinajstić information content (AvgIpc) is 3.16. The Hall–Kier alpha value is -2.14. The van der Waals surface area contributed by atoms with Crippen molar-refractivity contribution >= 4 is 11.8 Å². The van der Waals surface area contributed by atoms with Crippen LogP contribution in [0.3, 0.4) is 0 Å². The summed E-state index contributed by atoms with van der Waals surface area (Å²) in [5, 5.41) is 11.4. The van der Waals surface area contributed by atoms with E-state index >= 15 is 0 Å². The first kappa shape index (κ1) is 29.4. The smallest absolute Gasteiger partial charge is 0.305 e. The third-order valence-electron chi connectivity index (χ3n) is 11.7. The molecule has 1 N–H and O–H groups in total. The van der Waals surface area contributed by atoms with E-state index in [4.69, 9.17) is 9.47 Å². The maximum absolute atomic E-state index is 12.5. The zero-order valence-corrected chi connectivity index (χ0v) is 25.2. The molecule has 4 aliphatic rings. The Labute approximate surface area is 241 Å². The number of esters is 1. The van der Waals surface area contributed by atoms with Gasteiger partial charge in [0.1, 0.15) is 5.75 Å². The van der Waals surface area contributed by atoms with Gasteiger partial charge < -0.3 is 14.6 Å². The molecule has 0 bridgehead atoms. The van der Waals surface area contributed by atoms with Crippen LogP contribution in [0.5, 0.6) is 5.75 Å². The van der Waals surface area contributed by atoms with E-state index in [1.807, 2.05) is 19.1 Å². The Morgan fingerprint density at radius 3 is 2.67 bits per heavy atom. The van der Waals surface area contributed by atoms with Crippen LogP contribution in [0.2, 0.25) is 0 Å². The fourth-order valence-corrected chi connectivity index (χ4v) is 9.24. The Kier molecular flexibility index (Phi) is 8.53. The fourth-order valence-electron chi connectivity index (χ4n) is 9.24. The minimum atomic E-state index is -0.580. The molecule has 0 heterocycles. The van der Waals surface area contributed by atoms with Gasteiger partial charge in [0.25, 0.3) is 0 Å². The van der Waals surface area contributed by atoms with E-state index in [-0.39, 0.29) is 16.8 Å². The van der Waals surface area contributed by atoms with E-state index < -0.39 is 5.60 Å². The number of carbonyl (C=O) groups is 2. The van der Waals surface area contributed by atoms with E-state index in [0.29, 0.717) is 61.9 Å². The van der Waals surface area contributed by atoms with Gasteiger partial charge in [-0.2, -0.15) is 0 Å². The van der Waals surface area contributed by atoms with Crippen LogP contribution in [0.25, 0.3) is 0 Å². The molecule has 2 unspecified atom stereocenters. The number of fused-ring (bicyclic) bond motifs is 5. The molecule has 0 radical (unpaired) electrons. The Balaban J connectivity index is 1.25. The molecule has 1 aromatic carbocycles. The van der Waals surface area contributed by atoms with Crippen molar-refractivity contribution < 1.29 is 24.2 Å². The lowest BCUT2D eigenvalue weighted by molar-refractivity contribution is -0.143. The van der Waals surface area contributed by atoms with E-state index in [0.717, 1.165) is 57.1 Å². The second kappa shape index (κ2) is 11.6. The van der Waals surface area contributed by atoms with Gasteiger partial charge in [0.15, 0.2) is 5.78 Å². The number of ether oxygens (including phenoxy) is 2. The molecule has 3 saturated carbocycles. The first-order chi connectivity index (χ1) is 19.1. The van der Waals surface area contributed by atoms with Crippen molar-refractivity contribution in [2.75, 3.05) is 13.2 Å². The van der Waals surface area contributed by atoms with Gasteiger partial charge >= 0.3 is 5.97 Å². The molecule has 0 aromatic heterocycles. The van der Waals surface area contributed by atoms with Gasteiger partial charge in [0.05, 0.1) is 18.8 Å². The topological polar surface area (TPSA) is 72.8 Å². The van der Waals surface area contributed by atoms with Crippen LogP contribution in [0.4, 0.5) is 0 Å². The summed E-state index contributed by atoms with van der Waals surface area (Å²) in [6.45, 7) is 9.65. The van der Waals surface area contributed by atoms with Crippen molar-refractivity contribution in [1.82, 2.24) is 0 Å². The van der Waals surface area contributed by atoms with Crippen molar-refractivity contribution in [3.8, 4) is 5.75 Å². The van der Waals surface area contributed by atoms with Gasteiger partial charge in [-0.25, -0.2) is 0 Å². The second-order valence-electron chi connectivity index (χ2n) is 13.9. The van der Waals surface area contributed by atoms with Crippen LogP contribution in [-0.2, 0) is 20.7 Å². The summed E-state index contributed by atoms with van der Waals surface area (Å²) in [6, 6.07) is 8.37. The number of benzene rings is 1. The predicted octanol–water partition coefficient (Wildman–Crippen LogP) is 7.24. The molecule has 220 valence electrons. The van der Waals surface area contributed by atoms with E-state index in [1.165, 1.54) is 17.6 Å². The van der Waals surface area contributed by atoms with Crippen LogP contribution in [0.1, 0.15) is 104 Å². The summed E-state index contributed by atoms with van der Waals surface area (Å²) in [5.41, 5.74) is 2.26. The number of hydrogen-bond donors (Lipinski definition) is 1. The van der Waals surface area contributed by atoms with Gasteiger partial charge in [-0.05, 0) is 136 Å². The molecule has 5 nitrogen and oxygen atoms in total. The standard InChI is InChI=1S/C35H50O5/c1-5-39-31(37)13-8-20-40-28-12-7-10-24(21-28)9-6-11-25-22-26-23-27(36)14-17-33(26,2)29-15-18-34(3)30(32(25)29)16-19-35(34,4)38/h7,10,12,21,23,25,29-30,32,38H,5-6,8-9,11,13-20,22H2,1-4H3/t25?,29-,30+,32-,33+,34+,35?/m1/s1. The molecule has 5 heteroatoms. The van der Waals surface area contributed by atoms with Gasteiger partial charge in [-0.15, -0.1) is 0 Å². The Morgan fingerprint density at radius 2 is 1.88 bits per heavy atom. The number of aryl methyl sites for hydroxylation is 1. The van der Waals surface area contributed by atoms with Crippen LogP contribution in [0.15, 0.2) is 35.9 Å². The number of rotatable bonds is 10. The van der Waals surface area contributed by atoms with Crippen molar-refractivity contribution in [3.63, 3.8) is 0 Å². The maximum atomic E-state index is 12.5. The van der Waals surface area contributed by atoms with E-state index in [9.17, 15) is 14.7 Å². The largest absolute Gasteiger partial charge is 0.494 e. The first-order valence-corrected chi connectivity index (χ1v) is 15.9. The summed E-state index contributed by atoms with van der Waals surface area (Å²) >= 11 is 0. The third kappa shape index (κ3) is 5.52. The number of ketones is 1. The highest BCUT2D eigenvalue weighted by Gasteiger charge is 2.64. The third-order valence-corrected chi connectivity index (χ3v) is 11.7. The lowest BCUT2D eigenvalue weighted by Gasteiger charge is -2.61. The number of allylic oxidation sites excluding steroid dienone is 1. The zero-order chi connectivity index (χ0) is 28.5. The average molecular weight is 551 g/mol. The molecule has 3 fully saturated rings. The minimum Gasteiger partial charge on any atom is -0.494 e. The van der Waals surface area contributed by atoms with E-state index in [2.05, 4.69) is 39.0 Å². The lowest BCUT2D eigenvalue weighted by atomic mass is 9.44. The van der Waals surface area contributed by atoms with E-state index in [1.54, 1.807) is 0 Å². The van der Waals surface area contributed by atoms with Crippen LogP contribution < -0.4 is 4.74 Å². The van der Waals surface area contributed by atoms with Crippen molar-refractivity contribution in [2.24, 2.45) is 34.5 Å². The molecule has 4 aliphatic carbocycles. The molecular formula is C35H50O5. The maximum Gasteiger partial charge on any atom is 0.305 e. The molecule has 0 saturated heterocycles. The van der Waals surface area contributed by atoms with Crippen LogP contribution in [0, 0.1) is 34.5 Å². The number of hydrogen-bond acceptors (Lipinski definition) is 5. The molecule has 0 spiro atoms. The highest BCUT2D eigenvalue weighted by atomic mass is 16.5. The van der Waals surface area contributed by atoms with Crippen molar-refractivity contribution in [3.05, 3.63) is 41.5 Å². The second-order valence-corrected chi connectivity index (χ2v) is 13.9. The monoisotopic (exact) mass is 550 g/mol. The highest BCUT2D eigenvalue weighted by Crippen LogP contribution is 2.69. The molecule has 0 aliphatic heterocycles. The van der Waals surface area contributed by atoms with Crippen molar-refractivity contribution in [1.29, 1.82) is 0 Å². The van der Waals surface area contributed by atoms with Gasteiger partial charge in [0.2, 0.25) is 0 Å². The summed E-state index contributed by atoms with van der Waals surface area (Å²) in [4.78, 5) is 24.0. The molecular weight excluding hydrogens is 500 g/mol. The van der Waals surface area contributed by atoms with Crippen molar-refractivity contribution in [2.45, 2.75) is 110 Å². The summed E-state index contributed by atoms with van der Waals surface area (Å²) in [5.74, 6) is 3.37. The molecule has 0 amide bonds. The quantitative estimate of drug-likeness (QED) is 0.246. The Bertz CT molecular complexity index is 1120. The molecule has 7 atom stereocenters. The Morgan fingerprint density at radius 1 is 1.07 bits per heavy atom. The summed E-state index contributed by atoms with van der Waals surface area (Å²) in [6.07, 6.45) is 13.4. The summed E-state index contributed by atoms with van der Waals surface area (Å²) in [7, 11) is 0. The lowest BCUT2D eigenvalue weighted by Crippen LogP contribution is -2.56. The summed E-state index contributed by atoms with van der Waals surface area (Å²) < 4.78 is 10.9. The first-order valence-electron chi connectivity index (χ1n) is 15.9. The number of carbonyl (C=O) groups excluding carboxylic acids is 2. The van der Waals surface area contributed by atoms with Crippen LogP contribution in [-0.4, -0.2) is 35.7 Å². The van der Waals surface area contributed by atoms with Gasteiger partial charge in [0, 0.05) is 12.8 Å². The predicted molar refractivity (Wildman–Crippen MR) is 157 cm³/mol. The van der Waals surface area contributed by atoms with Gasteiger partial charge in [-0.1, -0.05) is 31.6 Å². The minimum absolute atomic E-state index is 0.00652. The fraction of sp³-hybridized carbons (Fsp3) is 0.714. The van der Waals surface area contributed by atoms with Crippen LogP contribution >= 0.6 is 0 Å². The number of aliphatic hydroxyl groups is 1. The normalized spacial score (nSPS) is 36.7. The molecule has 5 rings (SSSR count).